The maximum atomic E-state index is 10.6. The third-order valence-corrected chi connectivity index (χ3v) is 2.09. The number of nitrogens with zero attached hydrogens (tertiary/aromatic N) is 2. The molecule has 0 saturated carbocycles. The van der Waals surface area contributed by atoms with E-state index in [0.717, 1.165) is 0 Å². The Labute approximate surface area is 101 Å². The molecule has 0 N–H and O–H groups in total. The Morgan fingerprint density at radius 1 is 1.29 bits per heavy atom. The van der Waals surface area contributed by atoms with Gasteiger partial charge in [-0.05, 0) is 12.1 Å². The molecule has 0 unspecified atom stereocenters. The van der Waals surface area contributed by atoms with E-state index in [2.05, 4.69) is 22.6 Å². The van der Waals surface area contributed by atoms with E-state index < -0.39 is 11.0 Å². The van der Waals surface area contributed by atoms with E-state index in [4.69, 9.17) is 0 Å². The molecule has 1 aliphatic rings. The monoisotopic (exact) mass is 300 g/mol. The molecule has 0 amide bonds. The molecule has 6 heteroatoms. The summed E-state index contributed by atoms with van der Waals surface area (Å²) in [6.45, 7) is 0. The van der Waals surface area contributed by atoms with Gasteiger partial charge in [0.25, 0.3) is 0 Å². The van der Waals surface area contributed by atoms with Gasteiger partial charge in [0.05, 0.1) is 10.7 Å². The van der Waals surface area contributed by atoms with E-state index in [-0.39, 0.29) is 22.4 Å². The quantitative estimate of drug-likeness (QED) is 0.495. The zero-order chi connectivity index (χ0) is 9.47. The van der Waals surface area contributed by atoms with Gasteiger partial charge in [0, 0.05) is 0 Å². The van der Waals surface area contributed by atoms with Crippen molar-refractivity contribution in [1.82, 2.24) is 0 Å². The van der Waals surface area contributed by atoms with Crippen molar-refractivity contribution in [3.05, 3.63) is 35.0 Å². The van der Waals surface area contributed by atoms with Crippen LogP contribution in [-0.2, 0) is 27.2 Å². The standard InChI is InChI=1S/C8H6N2O2S.Ag/c11-7(12)8(13)9-5-3-1-2-4-6(5)10-8;/h1-4,13H,(H,11,12);/q;+1/p-1. The summed E-state index contributed by atoms with van der Waals surface area (Å²) in [5.74, 6) is -1.41. The van der Waals surface area contributed by atoms with Crippen molar-refractivity contribution >= 4 is 18.6 Å². The third kappa shape index (κ3) is 1.76. The van der Waals surface area contributed by atoms with Crippen LogP contribution in [0.3, 0.4) is 0 Å². The molecule has 1 aromatic carbocycles. The number of carbonyl (C=O) groups is 1. The predicted octanol–water partition coefficient (Wildman–Crippen LogP) is -1.73. The van der Waals surface area contributed by atoms with Crippen LogP contribution < -0.4 is 15.8 Å². The minimum absolute atomic E-state index is 0. The normalized spacial score (nSPS) is 15.8. The number of thiol groups is 1. The van der Waals surface area contributed by atoms with Gasteiger partial charge in [0.2, 0.25) is 4.99 Å². The van der Waals surface area contributed by atoms with E-state index in [0.29, 0.717) is 10.7 Å². The average Bonchev–Trinajstić information content (AvgIpc) is 2.42. The summed E-state index contributed by atoms with van der Waals surface area (Å²) in [6, 6.07) is 6.87. The van der Waals surface area contributed by atoms with Gasteiger partial charge < -0.3 is 9.90 Å². The second kappa shape index (κ2) is 3.86. The molecule has 14 heavy (non-hydrogen) atoms. The van der Waals surface area contributed by atoms with Crippen LogP contribution in [0.2, 0.25) is 0 Å². The number of para-hydroxylation sites is 2. The Morgan fingerprint density at radius 3 is 2.07 bits per heavy atom. The van der Waals surface area contributed by atoms with E-state index >= 15 is 0 Å². The van der Waals surface area contributed by atoms with Crippen LogP contribution in [0.5, 0.6) is 0 Å². The first-order chi connectivity index (χ1) is 6.12. The van der Waals surface area contributed by atoms with Crippen molar-refractivity contribution < 1.29 is 32.3 Å². The van der Waals surface area contributed by atoms with Crippen molar-refractivity contribution in [1.29, 1.82) is 0 Å². The first kappa shape index (κ1) is 11.5. The number of hydrogen-bond acceptors (Lipinski definition) is 5. The van der Waals surface area contributed by atoms with Crippen molar-refractivity contribution in [2.75, 3.05) is 0 Å². The predicted molar refractivity (Wildman–Crippen MR) is 45.5 cm³/mol. The number of carboxylic acids is 1. The molecular formula is C8H5AgN2O2S. The fourth-order valence-corrected chi connectivity index (χ4v) is 1.32. The Morgan fingerprint density at radius 2 is 1.71 bits per heavy atom. The molecule has 0 saturated heterocycles. The zero-order valence-corrected chi connectivity index (χ0v) is 9.15. The summed E-state index contributed by atoms with van der Waals surface area (Å²) in [5, 5.41) is 11.7. The Balaban J connectivity index is 0.000000980. The maximum absolute atomic E-state index is 10.6. The number of rotatable bonds is 1. The van der Waals surface area contributed by atoms with E-state index in [1.54, 1.807) is 24.3 Å². The molecule has 1 aromatic rings. The van der Waals surface area contributed by atoms with E-state index in [1.165, 1.54) is 0 Å². The SMILES string of the molecule is O=C([O-])C1(S)N=c2ccccc2=N1.[Ag+]. The van der Waals surface area contributed by atoms with E-state index in [1.807, 2.05) is 0 Å². The van der Waals surface area contributed by atoms with Crippen molar-refractivity contribution in [2.45, 2.75) is 4.99 Å². The minimum Gasteiger partial charge on any atom is -0.544 e. The fraction of sp³-hybridized carbons (Fsp3) is 0.125. The number of aliphatic carboxylic acids is 1. The van der Waals surface area contributed by atoms with E-state index in [9.17, 15) is 9.90 Å². The number of fused-ring (bicyclic) bond motifs is 1. The first-order valence-electron chi connectivity index (χ1n) is 3.60. The number of hydrogen-bond donors (Lipinski definition) is 1. The second-order valence-corrected chi connectivity index (χ2v) is 3.26. The molecule has 2 rings (SSSR count). The molecule has 1 heterocycles. The van der Waals surface area contributed by atoms with Crippen molar-refractivity contribution in [2.24, 2.45) is 9.98 Å². The molecular weight excluding hydrogens is 296 g/mol. The van der Waals surface area contributed by atoms with Crippen LogP contribution in [0.25, 0.3) is 0 Å². The van der Waals surface area contributed by atoms with Gasteiger partial charge in [0.15, 0.2) is 0 Å². The average molecular weight is 301 g/mol. The number of benzene rings is 1. The summed E-state index contributed by atoms with van der Waals surface area (Å²) >= 11 is 3.83. The summed E-state index contributed by atoms with van der Waals surface area (Å²) < 4.78 is 0. The summed E-state index contributed by atoms with van der Waals surface area (Å²) in [4.78, 5) is 16.5. The fourth-order valence-electron chi connectivity index (χ4n) is 1.11. The third-order valence-electron chi connectivity index (χ3n) is 1.71. The summed E-state index contributed by atoms with van der Waals surface area (Å²) in [7, 11) is 0. The smallest absolute Gasteiger partial charge is 0.544 e. The molecule has 0 atom stereocenters. The van der Waals surface area contributed by atoms with Crippen LogP contribution in [0.1, 0.15) is 0 Å². The van der Waals surface area contributed by atoms with Gasteiger partial charge in [-0.15, -0.1) is 12.6 Å². The van der Waals surface area contributed by atoms with Crippen LogP contribution in [-0.4, -0.2) is 11.0 Å². The molecule has 0 fully saturated rings. The molecule has 0 aromatic heterocycles. The van der Waals surface area contributed by atoms with Gasteiger partial charge in [0.1, 0.15) is 5.97 Å². The minimum atomic E-state index is -1.75. The van der Waals surface area contributed by atoms with Gasteiger partial charge in [-0.1, -0.05) is 12.1 Å². The molecule has 1 aliphatic heterocycles. The van der Waals surface area contributed by atoms with Gasteiger partial charge >= 0.3 is 22.4 Å². The Bertz CT molecular complexity index is 453. The topological polar surface area (TPSA) is 64.8 Å². The molecule has 0 aliphatic carbocycles. The van der Waals surface area contributed by atoms with Crippen LogP contribution in [0, 0.1) is 0 Å². The summed E-state index contributed by atoms with van der Waals surface area (Å²) in [6.07, 6.45) is 0. The Kier molecular flexibility index (Phi) is 3.16. The molecule has 76 valence electrons. The number of carbonyl (C=O) groups excluding carboxylic acids is 1. The molecule has 4 nitrogen and oxygen atoms in total. The van der Waals surface area contributed by atoms with Crippen LogP contribution >= 0.6 is 12.6 Å². The molecule has 0 spiro atoms. The first-order valence-corrected chi connectivity index (χ1v) is 4.05. The molecule has 0 radical (unpaired) electrons. The second-order valence-electron chi connectivity index (χ2n) is 2.64. The zero-order valence-electron chi connectivity index (χ0n) is 6.77. The van der Waals surface area contributed by atoms with Crippen LogP contribution in [0.15, 0.2) is 34.3 Å². The van der Waals surface area contributed by atoms with Gasteiger partial charge in [-0.2, -0.15) is 0 Å². The maximum Gasteiger partial charge on any atom is 1.00 e. The summed E-state index contributed by atoms with van der Waals surface area (Å²) in [5.41, 5.74) is 0. The number of carboxylic acid groups (broad SMARTS) is 1. The van der Waals surface area contributed by atoms with Crippen molar-refractivity contribution in [3.8, 4) is 0 Å². The van der Waals surface area contributed by atoms with Crippen LogP contribution in [0.4, 0.5) is 0 Å². The van der Waals surface area contributed by atoms with Gasteiger partial charge in [-0.3, -0.25) is 0 Å². The van der Waals surface area contributed by atoms with Gasteiger partial charge in [-0.25, -0.2) is 9.98 Å². The Hall–Kier alpha value is -0.620. The molecule has 0 bridgehead atoms. The van der Waals surface area contributed by atoms with Crippen molar-refractivity contribution in [3.63, 3.8) is 0 Å². The largest absolute Gasteiger partial charge is 1.00 e.